The van der Waals surface area contributed by atoms with E-state index in [2.05, 4.69) is 44.9 Å². The van der Waals surface area contributed by atoms with Gasteiger partial charge < -0.3 is 5.32 Å². The molecule has 1 aromatic carbocycles. The largest absolute Gasteiger partial charge is 0.316 e. The molecule has 134 valence electrons. The minimum absolute atomic E-state index is 0.809. The third-order valence-corrected chi connectivity index (χ3v) is 4.91. The van der Waals surface area contributed by atoms with Gasteiger partial charge in [-0.1, -0.05) is 30.3 Å². The Kier molecular flexibility index (Phi) is 4.80. The van der Waals surface area contributed by atoms with E-state index in [1.807, 2.05) is 49.6 Å². The zero-order valence-electron chi connectivity index (χ0n) is 15.1. The summed E-state index contributed by atoms with van der Waals surface area (Å²) < 4.78 is 1.66. The molecule has 0 aliphatic heterocycles. The summed E-state index contributed by atoms with van der Waals surface area (Å²) in [5, 5.41) is 6.15. The molecule has 0 amide bonds. The van der Waals surface area contributed by atoms with Crippen LogP contribution in [0.3, 0.4) is 0 Å². The molecular formula is C21H19N4OS+. The standard InChI is InChI=1S/C21H19N4OS/c1-15-4-3-5-20(22-15)24-21-23-19(14-27-21)18-8-6-16(7-9-18)17-10-12-25(26-2)13-11-17/h3-14H,1-2H3,(H,22,23,24)/q+1. The van der Waals surface area contributed by atoms with Gasteiger partial charge in [0.25, 0.3) is 0 Å². The summed E-state index contributed by atoms with van der Waals surface area (Å²) in [6.07, 6.45) is 3.78. The van der Waals surface area contributed by atoms with Gasteiger partial charge in [-0.3, -0.25) is 4.84 Å². The van der Waals surface area contributed by atoms with E-state index >= 15 is 0 Å². The predicted molar refractivity (Wildman–Crippen MR) is 108 cm³/mol. The number of rotatable bonds is 5. The summed E-state index contributed by atoms with van der Waals surface area (Å²) in [5.74, 6) is 0.809. The first kappa shape index (κ1) is 17.2. The number of nitrogens with one attached hydrogen (secondary N) is 1. The quantitative estimate of drug-likeness (QED) is 0.529. The molecule has 5 nitrogen and oxygen atoms in total. The molecule has 3 aromatic heterocycles. The molecule has 0 unspecified atom stereocenters. The molecule has 0 fully saturated rings. The van der Waals surface area contributed by atoms with Crippen LogP contribution in [0, 0.1) is 6.92 Å². The van der Waals surface area contributed by atoms with Crippen molar-refractivity contribution in [2.24, 2.45) is 0 Å². The minimum atomic E-state index is 0.809. The monoisotopic (exact) mass is 375 g/mol. The number of thiazole rings is 1. The Hall–Kier alpha value is -3.25. The highest BCUT2D eigenvalue weighted by molar-refractivity contribution is 7.14. The minimum Gasteiger partial charge on any atom is -0.316 e. The van der Waals surface area contributed by atoms with Crippen LogP contribution in [0.25, 0.3) is 22.4 Å². The summed E-state index contributed by atoms with van der Waals surface area (Å²) in [7, 11) is 1.64. The van der Waals surface area contributed by atoms with Crippen molar-refractivity contribution in [3.05, 3.63) is 78.1 Å². The summed E-state index contributed by atoms with van der Waals surface area (Å²) in [5.41, 5.74) is 5.31. The van der Waals surface area contributed by atoms with Crippen LogP contribution in [0.5, 0.6) is 0 Å². The van der Waals surface area contributed by atoms with E-state index in [0.717, 1.165) is 39.0 Å². The van der Waals surface area contributed by atoms with Crippen molar-refractivity contribution in [3.8, 4) is 22.4 Å². The predicted octanol–water partition coefficient (Wildman–Crippen LogP) is 4.27. The van der Waals surface area contributed by atoms with E-state index < -0.39 is 0 Å². The number of aromatic nitrogens is 3. The van der Waals surface area contributed by atoms with Crippen LogP contribution >= 0.6 is 11.3 Å². The molecule has 0 atom stereocenters. The van der Waals surface area contributed by atoms with Gasteiger partial charge in [-0.25, -0.2) is 9.97 Å². The number of aryl methyl sites for hydroxylation is 1. The molecule has 4 rings (SSSR count). The number of nitrogens with zero attached hydrogens (tertiary/aromatic N) is 3. The summed E-state index contributed by atoms with van der Waals surface area (Å²) in [6, 6.07) is 18.4. The molecule has 0 bridgehead atoms. The van der Waals surface area contributed by atoms with E-state index in [9.17, 15) is 0 Å². The molecule has 27 heavy (non-hydrogen) atoms. The fraction of sp³-hybridized carbons (Fsp3) is 0.0952. The van der Waals surface area contributed by atoms with Crippen molar-refractivity contribution in [1.29, 1.82) is 0 Å². The average molecular weight is 375 g/mol. The summed E-state index contributed by atoms with van der Waals surface area (Å²) in [4.78, 5) is 14.3. The van der Waals surface area contributed by atoms with E-state index in [1.165, 1.54) is 0 Å². The molecule has 0 aliphatic carbocycles. The third-order valence-electron chi connectivity index (χ3n) is 4.15. The lowest BCUT2D eigenvalue weighted by Crippen LogP contribution is -2.39. The first-order valence-corrected chi connectivity index (χ1v) is 9.42. The Labute approximate surface area is 161 Å². The number of anilines is 2. The normalized spacial score (nSPS) is 10.6. The number of hydrogen-bond donors (Lipinski definition) is 1. The van der Waals surface area contributed by atoms with Crippen LogP contribution < -0.4 is 14.9 Å². The van der Waals surface area contributed by atoms with Gasteiger partial charge in [-0.2, -0.15) is 0 Å². The second-order valence-electron chi connectivity index (χ2n) is 6.03. The van der Waals surface area contributed by atoms with Crippen molar-refractivity contribution in [3.63, 3.8) is 0 Å². The molecule has 0 saturated heterocycles. The lowest BCUT2D eigenvalue weighted by atomic mass is 10.0. The van der Waals surface area contributed by atoms with Gasteiger partial charge in [0.1, 0.15) is 12.9 Å². The van der Waals surface area contributed by atoms with Gasteiger partial charge in [0.2, 0.25) is 12.4 Å². The maximum atomic E-state index is 5.13. The first-order valence-electron chi connectivity index (χ1n) is 8.54. The molecule has 3 heterocycles. The number of pyridine rings is 2. The van der Waals surface area contributed by atoms with Crippen molar-refractivity contribution >= 4 is 22.3 Å². The lowest BCUT2D eigenvalue weighted by Gasteiger charge is -2.03. The van der Waals surface area contributed by atoms with Crippen molar-refractivity contribution < 1.29 is 9.57 Å². The van der Waals surface area contributed by atoms with Crippen molar-refractivity contribution in [2.45, 2.75) is 6.92 Å². The second kappa shape index (κ2) is 7.55. The molecule has 0 spiro atoms. The lowest BCUT2D eigenvalue weighted by molar-refractivity contribution is -0.885. The van der Waals surface area contributed by atoms with Crippen LogP contribution in [0.4, 0.5) is 10.9 Å². The fourth-order valence-corrected chi connectivity index (χ4v) is 3.47. The van der Waals surface area contributed by atoms with E-state index in [0.29, 0.717) is 0 Å². The van der Waals surface area contributed by atoms with Crippen molar-refractivity contribution in [1.82, 2.24) is 9.97 Å². The molecule has 6 heteroatoms. The topological polar surface area (TPSA) is 50.9 Å². The Morgan fingerprint density at radius 1 is 0.889 bits per heavy atom. The van der Waals surface area contributed by atoms with E-state index in [4.69, 9.17) is 4.84 Å². The molecule has 4 aromatic rings. The Balaban J connectivity index is 1.51. The van der Waals surface area contributed by atoms with E-state index in [1.54, 1.807) is 23.2 Å². The van der Waals surface area contributed by atoms with E-state index in [-0.39, 0.29) is 0 Å². The number of benzene rings is 1. The maximum Gasteiger partial charge on any atom is 0.223 e. The van der Waals surface area contributed by atoms with Gasteiger partial charge in [-0.05, 0) is 30.2 Å². The molecule has 1 N–H and O–H groups in total. The zero-order chi connectivity index (χ0) is 18.6. The van der Waals surface area contributed by atoms with Gasteiger partial charge in [0, 0.05) is 33.5 Å². The third kappa shape index (κ3) is 3.96. The fourth-order valence-electron chi connectivity index (χ4n) is 2.75. The highest BCUT2D eigenvalue weighted by Gasteiger charge is 2.07. The molecular weight excluding hydrogens is 356 g/mol. The Morgan fingerprint density at radius 2 is 1.59 bits per heavy atom. The van der Waals surface area contributed by atoms with Crippen LogP contribution in [0.1, 0.15) is 5.69 Å². The van der Waals surface area contributed by atoms with Crippen molar-refractivity contribution in [2.75, 3.05) is 12.4 Å². The Bertz CT molecular complexity index is 1040. The summed E-state index contributed by atoms with van der Waals surface area (Å²) >= 11 is 1.57. The zero-order valence-corrected chi connectivity index (χ0v) is 15.9. The van der Waals surface area contributed by atoms with Crippen LogP contribution in [0.15, 0.2) is 72.4 Å². The molecule has 0 aliphatic rings. The van der Waals surface area contributed by atoms with Crippen LogP contribution in [0.2, 0.25) is 0 Å². The highest BCUT2D eigenvalue weighted by atomic mass is 32.1. The maximum absolute atomic E-state index is 5.13. The van der Waals surface area contributed by atoms with Gasteiger partial charge in [0.05, 0.1) is 5.69 Å². The molecule has 0 radical (unpaired) electrons. The first-order chi connectivity index (χ1) is 13.2. The second-order valence-corrected chi connectivity index (χ2v) is 6.89. The Morgan fingerprint density at radius 3 is 2.30 bits per heavy atom. The average Bonchev–Trinajstić information content (AvgIpc) is 3.17. The highest BCUT2D eigenvalue weighted by Crippen LogP contribution is 2.28. The SMILES string of the molecule is CO[n+]1ccc(-c2ccc(-c3csc(Nc4cccc(C)n4)n3)cc2)cc1. The van der Waals surface area contributed by atoms with Crippen LogP contribution in [-0.2, 0) is 0 Å². The smallest absolute Gasteiger partial charge is 0.223 e. The number of hydrogen-bond acceptors (Lipinski definition) is 5. The van der Waals surface area contributed by atoms with Gasteiger partial charge >= 0.3 is 0 Å². The van der Waals surface area contributed by atoms with Gasteiger partial charge in [-0.15, -0.1) is 11.3 Å². The van der Waals surface area contributed by atoms with Crippen LogP contribution in [-0.4, -0.2) is 17.1 Å². The molecule has 0 saturated carbocycles. The van der Waals surface area contributed by atoms with Gasteiger partial charge in [0.15, 0.2) is 5.13 Å². The summed E-state index contributed by atoms with van der Waals surface area (Å²) in [6.45, 7) is 1.97.